The summed E-state index contributed by atoms with van der Waals surface area (Å²) in [6, 6.07) is 10.1. The number of nitrogens with one attached hydrogen (secondary N) is 1. The zero-order valence-corrected chi connectivity index (χ0v) is 14.4. The van der Waals surface area contributed by atoms with Crippen molar-refractivity contribution in [3.05, 3.63) is 57.0 Å². The number of aryl methyl sites for hydroxylation is 1. The lowest BCUT2D eigenvalue weighted by atomic mass is 10.2. The molecule has 3 N–H and O–H groups in total. The molecular formula is C14H14BrClN2O2S. The van der Waals surface area contributed by atoms with Crippen molar-refractivity contribution in [2.75, 3.05) is 4.72 Å². The Balaban J connectivity index is 2.45. The van der Waals surface area contributed by atoms with Crippen LogP contribution in [0.2, 0.25) is 5.02 Å². The number of anilines is 1. The van der Waals surface area contributed by atoms with Crippen molar-refractivity contribution >= 4 is 43.2 Å². The Morgan fingerprint density at radius 1 is 1.24 bits per heavy atom. The van der Waals surface area contributed by atoms with Gasteiger partial charge in [0.1, 0.15) is 4.90 Å². The Hall–Kier alpha value is -1.08. The van der Waals surface area contributed by atoms with Crippen LogP contribution in [0.15, 0.2) is 45.8 Å². The molecule has 0 aliphatic heterocycles. The molecule has 0 heterocycles. The zero-order chi connectivity index (χ0) is 15.6. The first-order valence-electron chi connectivity index (χ1n) is 6.11. The maximum Gasteiger partial charge on any atom is 0.263 e. The smallest absolute Gasteiger partial charge is 0.263 e. The molecule has 0 saturated carbocycles. The Labute approximate surface area is 137 Å². The zero-order valence-electron chi connectivity index (χ0n) is 11.2. The molecule has 0 spiro atoms. The highest BCUT2D eigenvalue weighted by Gasteiger charge is 2.19. The van der Waals surface area contributed by atoms with Crippen LogP contribution in [0.4, 0.5) is 5.69 Å². The fourth-order valence-electron chi connectivity index (χ4n) is 1.78. The monoisotopic (exact) mass is 388 g/mol. The maximum absolute atomic E-state index is 12.5. The average molecular weight is 390 g/mol. The minimum atomic E-state index is -3.77. The van der Waals surface area contributed by atoms with E-state index in [0.717, 1.165) is 10.0 Å². The maximum atomic E-state index is 12.5. The highest BCUT2D eigenvalue weighted by Crippen LogP contribution is 2.27. The number of hydrogen-bond acceptors (Lipinski definition) is 3. The summed E-state index contributed by atoms with van der Waals surface area (Å²) in [5.41, 5.74) is 7.56. The van der Waals surface area contributed by atoms with Gasteiger partial charge in [0, 0.05) is 11.0 Å². The van der Waals surface area contributed by atoms with Crippen molar-refractivity contribution in [3.8, 4) is 0 Å². The quantitative estimate of drug-likeness (QED) is 0.838. The second-order valence-corrected chi connectivity index (χ2v) is 7.51. The predicted octanol–water partition coefficient (Wildman–Crippen LogP) is 3.67. The van der Waals surface area contributed by atoms with Crippen molar-refractivity contribution < 1.29 is 8.42 Å². The molecule has 0 aliphatic rings. The summed E-state index contributed by atoms with van der Waals surface area (Å²) >= 11 is 9.33. The summed E-state index contributed by atoms with van der Waals surface area (Å²) < 4.78 is 28.3. The van der Waals surface area contributed by atoms with E-state index in [-0.39, 0.29) is 16.5 Å². The summed E-state index contributed by atoms with van der Waals surface area (Å²) in [7, 11) is -3.77. The van der Waals surface area contributed by atoms with Gasteiger partial charge in [-0.3, -0.25) is 4.72 Å². The summed E-state index contributed by atoms with van der Waals surface area (Å²) in [5.74, 6) is 0. The van der Waals surface area contributed by atoms with Crippen LogP contribution in [0.3, 0.4) is 0 Å². The van der Waals surface area contributed by atoms with Gasteiger partial charge in [-0.15, -0.1) is 0 Å². The second kappa shape index (κ2) is 6.36. The van der Waals surface area contributed by atoms with Crippen LogP contribution in [-0.2, 0) is 16.6 Å². The normalized spacial score (nSPS) is 11.4. The van der Waals surface area contributed by atoms with Crippen molar-refractivity contribution in [2.45, 2.75) is 18.4 Å². The lowest BCUT2D eigenvalue weighted by Crippen LogP contribution is -2.15. The standard InChI is InChI=1S/C14H14BrClN2O2S/c1-9-2-4-11(15)7-13(9)18-21(19,20)14-6-10(8-17)3-5-12(14)16/h2-7,18H,8,17H2,1H3. The molecule has 0 unspecified atom stereocenters. The van der Waals surface area contributed by atoms with E-state index in [2.05, 4.69) is 20.7 Å². The summed E-state index contributed by atoms with van der Waals surface area (Å²) in [5, 5.41) is 0.160. The van der Waals surface area contributed by atoms with Crippen LogP contribution in [-0.4, -0.2) is 8.42 Å². The van der Waals surface area contributed by atoms with E-state index in [1.807, 2.05) is 19.1 Å². The van der Waals surface area contributed by atoms with Crippen LogP contribution in [0, 0.1) is 6.92 Å². The van der Waals surface area contributed by atoms with E-state index in [0.29, 0.717) is 11.3 Å². The number of rotatable bonds is 4. The molecule has 21 heavy (non-hydrogen) atoms. The molecule has 2 aromatic rings. The molecule has 2 aromatic carbocycles. The fourth-order valence-corrected chi connectivity index (χ4v) is 3.82. The average Bonchev–Trinajstić information content (AvgIpc) is 2.43. The van der Waals surface area contributed by atoms with E-state index in [4.69, 9.17) is 17.3 Å². The second-order valence-electron chi connectivity index (χ2n) is 4.53. The van der Waals surface area contributed by atoms with Crippen LogP contribution < -0.4 is 10.5 Å². The Morgan fingerprint density at radius 2 is 1.95 bits per heavy atom. The molecule has 4 nitrogen and oxygen atoms in total. The van der Waals surface area contributed by atoms with Gasteiger partial charge < -0.3 is 5.73 Å². The van der Waals surface area contributed by atoms with Gasteiger partial charge in [0.25, 0.3) is 10.0 Å². The van der Waals surface area contributed by atoms with E-state index in [9.17, 15) is 8.42 Å². The lowest BCUT2D eigenvalue weighted by Gasteiger charge is -2.13. The Bertz CT molecular complexity index is 779. The van der Waals surface area contributed by atoms with Gasteiger partial charge in [-0.05, 0) is 42.3 Å². The minimum Gasteiger partial charge on any atom is -0.326 e. The molecule has 112 valence electrons. The first-order valence-corrected chi connectivity index (χ1v) is 8.76. The molecule has 0 bridgehead atoms. The summed E-state index contributed by atoms with van der Waals surface area (Å²) in [6.45, 7) is 2.07. The van der Waals surface area contributed by atoms with Crippen LogP contribution in [0.1, 0.15) is 11.1 Å². The Morgan fingerprint density at radius 3 is 2.62 bits per heavy atom. The molecule has 0 atom stereocenters. The molecule has 7 heteroatoms. The van der Waals surface area contributed by atoms with Gasteiger partial charge in [0.2, 0.25) is 0 Å². The van der Waals surface area contributed by atoms with Gasteiger partial charge in [-0.2, -0.15) is 0 Å². The van der Waals surface area contributed by atoms with Gasteiger partial charge in [-0.1, -0.05) is 39.7 Å². The number of halogens is 2. The van der Waals surface area contributed by atoms with E-state index < -0.39 is 10.0 Å². The minimum absolute atomic E-state index is 0.0199. The highest BCUT2D eigenvalue weighted by molar-refractivity contribution is 9.10. The third-order valence-corrected chi connectivity index (χ3v) is 5.31. The predicted molar refractivity (Wildman–Crippen MR) is 89.0 cm³/mol. The van der Waals surface area contributed by atoms with Gasteiger partial charge >= 0.3 is 0 Å². The number of benzene rings is 2. The fraction of sp³-hybridized carbons (Fsp3) is 0.143. The molecule has 0 aliphatic carbocycles. The van der Waals surface area contributed by atoms with E-state index in [1.54, 1.807) is 12.1 Å². The van der Waals surface area contributed by atoms with Crippen LogP contribution >= 0.6 is 27.5 Å². The van der Waals surface area contributed by atoms with Crippen LogP contribution in [0.25, 0.3) is 0 Å². The van der Waals surface area contributed by atoms with E-state index >= 15 is 0 Å². The lowest BCUT2D eigenvalue weighted by molar-refractivity contribution is 0.601. The number of sulfonamides is 1. The largest absolute Gasteiger partial charge is 0.326 e. The highest BCUT2D eigenvalue weighted by atomic mass is 79.9. The molecule has 2 rings (SSSR count). The van der Waals surface area contributed by atoms with Crippen LogP contribution in [0.5, 0.6) is 0 Å². The van der Waals surface area contributed by atoms with E-state index in [1.165, 1.54) is 12.1 Å². The van der Waals surface area contributed by atoms with Gasteiger partial charge in [0.05, 0.1) is 10.7 Å². The number of hydrogen-bond donors (Lipinski definition) is 2. The molecular weight excluding hydrogens is 376 g/mol. The number of nitrogens with two attached hydrogens (primary N) is 1. The topological polar surface area (TPSA) is 72.2 Å². The van der Waals surface area contributed by atoms with Crippen molar-refractivity contribution in [3.63, 3.8) is 0 Å². The molecule has 0 fully saturated rings. The molecule has 0 radical (unpaired) electrons. The third kappa shape index (κ3) is 3.77. The Kier molecular flexibility index (Phi) is 4.93. The molecule has 0 saturated heterocycles. The van der Waals surface area contributed by atoms with Crippen molar-refractivity contribution in [1.82, 2.24) is 0 Å². The molecule has 0 amide bonds. The SMILES string of the molecule is Cc1ccc(Br)cc1NS(=O)(=O)c1cc(CN)ccc1Cl. The summed E-state index contributed by atoms with van der Waals surface area (Å²) in [6.07, 6.45) is 0. The van der Waals surface area contributed by atoms with Crippen molar-refractivity contribution in [2.24, 2.45) is 5.73 Å². The first kappa shape index (κ1) is 16.3. The van der Waals surface area contributed by atoms with Gasteiger partial charge in [-0.25, -0.2) is 8.42 Å². The van der Waals surface area contributed by atoms with Gasteiger partial charge in [0.15, 0.2) is 0 Å². The van der Waals surface area contributed by atoms with Crippen molar-refractivity contribution in [1.29, 1.82) is 0 Å². The molecule has 0 aromatic heterocycles. The first-order chi connectivity index (χ1) is 9.83. The third-order valence-electron chi connectivity index (χ3n) is 2.96. The summed E-state index contributed by atoms with van der Waals surface area (Å²) in [4.78, 5) is 0.0199.